The van der Waals surface area contributed by atoms with Crippen LogP contribution in [-0.4, -0.2) is 0 Å². The second-order valence-electron chi connectivity index (χ2n) is 41.8. The smallest absolute Gasteiger partial charge is 0.000139 e. The van der Waals surface area contributed by atoms with E-state index in [1.54, 1.807) is 0 Å². The zero-order valence-corrected chi connectivity index (χ0v) is 82.3. The maximum Gasteiger partial charge on any atom is -0.000139 e. The van der Waals surface area contributed by atoms with Gasteiger partial charge in [-0.3, -0.25) is 0 Å². The first-order chi connectivity index (χ1) is 60.5. The summed E-state index contributed by atoms with van der Waals surface area (Å²) in [7, 11) is 0. The van der Waals surface area contributed by atoms with Crippen molar-refractivity contribution < 1.29 is 0 Å². The van der Waals surface area contributed by atoms with E-state index in [0.717, 1.165) is 0 Å². The first-order valence-electron chi connectivity index (χ1n) is 48.5. The molecule has 0 nitrogen and oxygen atoms in total. The largest absolute Gasteiger partial charge is 0.0587 e. The van der Waals surface area contributed by atoms with E-state index in [9.17, 15) is 0 Å². The summed E-state index contributed by atoms with van der Waals surface area (Å²) in [6.07, 6.45) is 0. The van der Waals surface area contributed by atoms with E-state index in [1.807, 2.05) is 0 Å². The Balaban J connectivity index is 0.000000196. The first-order valence-corrected chi connectivity index (χ1v) is 48.5. The molecule has 0 heteroatoms. The van der Waals surface area contributed by atoms with Crippen molar-refractivity contribution in [3.63, 3.8) is 0 Å². The van der Waals surface area contributed by atoms with Gasteiger partial charge in [0.05, 0.1) is 0 Å². The molecule has 0 atom stereocenters. The van der Waals surface area contributed by atoms with Gasteiger partial charge in [0.15, 0.2) is 0 Å². The van der Waals surface area contributed by atoms with Gasteiger partial charge in [-0.25, -0.2) is 0 Å². The highest BCUT2D eigenvalue weighted by molar-refractivity contribution is 6.36. The summed E-state index contributed by atoms with van der Waals surface area (Å²) in [6.45, 7) is 67.5. The average Bonchev–Trinajstić information content (AvgIpc) is 0.669. The van der Waals surface area contributed by atoms with E-state index in [1.165, 1.54) is 237 Å². The van der Waals surface area contributed by atoms with Gasteiger partial charge < -0.3 is 0 Å². The zero-order valence-electron chi connectivity index (χ0n) is 82.3. The molecule has 0 N–H and O–H groups in total. The number of rotatable bonds is 22. The zero-order chi connectivity index (χ0) is 90.9. The standard InChI is InChI=1S/C64H72.C63H70/c1-36(2)44-16-24-48(25-17-44)59-55-32-43(15)52(40(9)10)33-56(55)60(49-26-18-45(19-27-49)37(3)4)64-62(51-30-22-47(23-31-51)39(7)8)58-35-54(42(13)14)53(41(11)12)34-57(58)61(63(59)64)50-28-20-46(21-29-50)38(5)6;1-36(2)43-15-23-47(24-16-43)58-52-32-31-51(40(9)10)33-55(52)59(48-25-17-44(18-26-48)37(3)4)63-61(50-29-21-46(22-30-50)39(7)8)57-35-54(42(13)14)53(41(11)12)34-56(57)60(62(58)63)49-27-19-45(20-28-49)38(5)6/h16-42H,1-15H3;15-42H,1-14H3. The van der Waals surface area contributed by atoms with Gasteiger partial charge in [0.1, 0.15) is 0 Å². The Kier molecular flexibility index (Phi) is 26.5. The number of hydrogen-bond acceptors (Lipinski definition) is 0. The van der Waals surface area contributed by atoms with Gasteiger partial charge in [0.2, 0.25) is 0 Å². The van der Waals surface area contributed by atoms with E-state index >= 15 is 0 Å². The molecule has 0 unspecified atom stereocenters. The molecule has 0 fully saturated rings. The van der Waals surface area contributed by atoms with Crippen LogP contribution in [0.4, 0.5) is 0 Å². The fourth-order valence-corrected chi connectivity index (χ4v) is 20.5. The van der Waals surface area contributed by atoms with Crippen LogP contribution in [0.1, 0.15) is 360 Å². The normalized spacial score (nSPS) is 12.3. The minimum Gasteiger partial charge on any atom is -0.0587 e. The van der Waals surface area contributed by atoms with E-state index in [2.05, 4.69) is 450 Å². The van der Waals surface area contributed by atoms with E-state index in [0.29, 0.717) is 82.9 Å². The van der Waals surface area contributed by atoms with Crippen LogP contribution in [0.2, 0.25) is 0 Å². The number of benzene rings is 16. The lowest BCUT2D eigenvalue weighted by Crippen LogP contribution is -2.03. The SMILES string of the molecule is CC(C)c1ccc(-c2c3ccc(C(C)C)cc3c(-c3ccc(C(C)C)cc3)c3c(-c4ccc(C(C)C)cc4)c4cc(C(C)C)c(C(C)C)cc4c(-c4ccc(C(C)C)cc4)c23)cc1.Cc1cc2c(-c3ccc(C(C)C)cc3)c3c(-c4ccc(C(C)C)cc4)c4cc(C(C)C)c(C(C)C)cc4c(-c4ccc(C(C)C)cc4)c3c(-c3ccc(C(C)C)cc3)c2cc1C(C)C. The molecule has 0 saturated carbocycles. The minimum atomic E-state index is 0.369. The fraction of sp³-hybridized carbons (Fsp3) is 0.339. The maximum atomic E-state index is 2.61. The first kappa shape index (κ1) is 90.9. The van der Waals surface area contributed by atoms with Crippen LogP contribution < -0.4 is 0 Å². The lowest BCUT2D eigenvalue weighted by molar-refractivity contribution is 0.793. The van der Waals surface area contributed by atoms with Crippen molar-refractivity contribution in [2.45, 2.75) is 284 Å². The number of fused-ring (bicyclic) bond motifs is 6. The lowest BCUT2D eigenvalue weighted by Gasteiger charge is -2.28. The predicted octanol–water partition coefficient (Wildman–Crippen LogP) is 39.7. The van der Waals surface area contributed by atoms with Crippen molar-refractivity contribution in [3.8, 4) is 89.0 Å². The van der Waals surface area contributed by atoms with E-state index in [4.69, 9.17) is 0 Å². The molecular formula is C127H142. The van der Waals surface area contributed by atoms with Crippen LogP contribution in [0.15, 0.2) is 249 Å². The molecular weight excluding hydrogens is 1530 g/mol. The van der Waals surface area contributed by atoms with Crippen LogP contribution in [0.25, 0.3) is 154 Å². The summed E-state index contributed by atoms with van der Waals surface area (Å²) < 4.78 is 0. The summed E-state index contributed by atoms with van der Waals surface area (Å²) in [5, 5.41) is 15.9. The maximum absolute atomic E-state index is 2.61. The fourth-order valence-electron chi connectivity index (χ4n) is 20.5. The Labute approximate surface area is 764 Å². The Morgan fingerprint density at radius 1 is 0.126 bits per heavy atom. The Morgan fingerprint density at radius 3 is 0.433 bits per heavy atom. The highest BCUT2D eigenvalue weighted by Crippen LogP contribution is 2.59. The highest BCUT2D eigenvalue weighted by Gasteiger charge is 2.33. The molecule has 16 aromatic carbocycles. The number of hydrogen-bond donors (Lipinski definition) is 0. The summed E-state index contributed by atoms with van der Waals surface area (Å²) in [4.78, 5) is 0. The molecule has 0 bridgehead atoms. The van der Waals surface area contributed by atoms with Crippen LogP contribution in [0.3, 0.4) is 0 Å². The molecule has 0 aliphatic carbocycles. The Hall–Kier alpha value is -10.9. The molecule has 0 amide bonds. The van der Waals surface area contributed by atoms with Crippen molar-refractivity contribution in [3.05, 3.63) is 332 Å². The topological polar surface area (TPSA) is 0 Å². The molecule has 0 aliphatic rings. The van der Waals surface area contributed by atoms with Gasteiger partial charge in [-0.05, 0) is 357 Å². The quantitative estimate of drug-likeness (QED) is 0.0593. The third-order valence-electron chi connectivity index (χ3n) is 28.3. The van der Waals surface area contributed by atoms with Crippen molar-refractivity contribution in [2.75, 3.05) is 0 Å². The van der Waals surface area contributed by atoms with Crippen molar-refractivity contribution in [1.82, 2.24) is 0 Å². The molecule has 127 heavy (non-hydrogen) atoms. The van der Waals surface area contributed by atoms with E-state index in [-0.39, 0.29) is 0 Å². The summed E-state index contributed by atoms with van der Waals surface area (Å²) in [6, 6.07) is 99.6. The second kappa shape index (κ2) is 37.0. The molecule has 0 spiro atoms. The van der Waals surface area contributed by atoms with Gasteiger partial charge in [-0.15, -0.1) is 0 Å². The molecule has 16 rings (SSSR count). The van der Waals surface area contributed by atoms with Gasteiger partial charge >= 0.3 is 0 Å². The summed E-state index contributed by atoms with van der Waals surface area (Å²) >= 11 is 0. The number of aryl methyl sites for hydroxylation is 1. The van der Waals surface area contributed by atoms with E-state index < -0.39 is 0 Å². The lowest BCUT2D eigenvalue weighted by atomic mass is 9.75. The van der Waals surface area contributed by atoms with Crippen LogP contribution in [0.5, 0.6) is 0 Å². The molecule has 0 radical (unpaired) electrons. The van der Waals surface area contributed by atoms with Crippen molar-refractivity contribution >= 4 is 64.6 Å². The van der Waals surface area contributed by atoms with Crippen LogP contribution >= 0.6 is 0 Å². The minimum absolute atomic E-state index is 0.369. The molecule has 0 aliphatic heterocycles. The molecule has 650 valence electrons. The third-order valence-corrected chi connectivity index (χ3v) is 28.3. The van der Waals surface area contributed by atoms with Crippen molar-refractivity contribution in [2.24, 2.45) is 0 Å². The molecule has 0 saturated heterocycles. The second-order valence-corrected chi connectivity index (χ2v) is 41.8. The summed E-state index contributed by atoms with van der Waals surface area (Å²) in [5.41, 5.74) is 41.5. The van der Waals surface area contributed by atoms with Crippen LogP contribution in [0, 0.1) is 6.92 Å². The van der Waals surface area contributed by atoms with Gasteiger partial charge in [-0.2, -0.15) is 0 Å². The van der Waals surface area contributed by atoms with Crippen molar-refractivity contribution in [1.29, 1.82) is 0 Å². The molecule has 0 heterocycles. The monoisotopic (exact) mass is 1670 g/mol. The van der Waals surface area contributed by atoms with Gasteiger partial charge in [0.25, 0.3) is 0 Å². The predicted molar refractivity (Wildman–Crippen MR) is 563 cm³/mol. The molecule has 0 aromatic heterocycles. The van der Waals surface area contributed by atoms with Crippen LogP contribution in [-0.2, 0) is 0 Å². The van der Waals surface area contributed by atoms with Gasteiger partial charge in [-0.1, -0.05) is 412 Å². The molecule has 16 aromatic rings. The summed E-state index contributed by atoms with van der Waals surface area (Å²) in [5.74, 6) is 5.79. The average molecular weight is 1670 g/mol. The Morgan fingerprint density at radius 2 is 0.268 bits per heavy atom. The van der Waals surface area contributed by atoms with Gasteiger partial charge in [0, 0.05) is 0 Å². The third kappa shape index (κ3) is 17.5. The highest BCUT2D eigenvalue weighted by atomic mass is 14.4. The Bertz CT molecular complexity index is 6700.